The van der Waals surface area contributed by atoms with Crippen LogP contribution in [0.5, 0.6) is 0 Å². The Kier molecular flexibility index (Phi) is 24.8. The van der Waals surface area contributed by atoms with Gasteiger partial charge in [0.25, 0.3) is 0 Å². The fraction of sp³-hybridized carbons (Fsp3) is 0.960. The SMILES string of the molecule is C1CCCCCC(C(=C(C2CCCCCCCCCCC2)C2CCCCCCCCCCC2)C2CCCCCCCCCCC2)CCCCC1. The van der Waals surface area contributed by atoms with Gasteiger partial charge in [0.05, 0.1) is 0 Å². The highest BCUT2D eigenvalue weighted by Crippen LogP contribution is 2.47. The Labute approximate surface area is 316 Å². The van der Waals surface area contributed by atoms with Gasteiger partial charge in [0.15, 0.2) is 0 Å². The lowest BCUT2D eigenvalue weighted by Gasteiger charge is -2.39. The molecule has 0 aliphatic heterocycles. The molecule has 0 aromatic heterocycles. The first-order valence-electron chi connectivity index (χ1n) is 24.7. The first-order valence-corrected chi connectivity index (χ1v) is 24.7. The molecule has 0 bridgehead atoms. The normalized spacial score (nSPS) is 26.2. The van der Waals surface area contributed by atoms with Crippen LogP contribution in [-0.2, 0) is 0 Å². The summed E-state index contributed by atoms with van der Waals surface area (Å²) in [6.45, 7) is 0. The van der Waals surface area contributed by atoms with E-state index >= 15 is 0 Å². The molecule has 0 atom stereocenters. The van der Waals surface area contributed by atoms with E-state index in [1.165, 1.54) is 283 Å². The predicted molar refractivity (Wildman–Crippen MR) is 224 cm³/mol. The summed E-state index contributed by atoms with van der Waals surface area (Å²) in [5.41, 5.74) is 4.40. The molecule has 0 aromatic rings. The van der Waals surface area contributed by atoms with E-state index < -0.39 is 0 Å². The van der Waals surface area contributed by atoms with Crippen LogP contribution in [0.3, 0.4) is 0 Å². The van der Waals surface area contributed by atoms with E-state index in [0.29, 0.717) is 0 Å². The van der Waals surface area contributed by atoms with Gasteiger partial charge >= 0.3 is 0 Å². The Bertz CT molecular complexity index is 627. The third-order valence-corrected chi connectivity index (χ3v) is 14.5. The second-order valence-electron chi connectivity index (χ2n) is 18.7. The largest absolute Gasteiger partial charge is 0.0642 e. The Morgan fingerprint density at radius 2 is 0.240 bits per heavy atom. The lowest BCUT2D eigenvalue weighted by molar-refractivity contribution is 0.318. The van der Waals surface area contributed by atoms with Gasteiger partial charge < -0.3 is 0 Å². The molecule has 4 aliphatic rings. The molecule has 0 saturated heterocycles. The van der Waals surface area contributed by atoms with Crippen molar-refractivity contribution in [3.05, 3.63) is 11.1 Å². The molecule has 0 heterocycles. The van der Waals surface area contributed by atoms with Gasteiger partial charge in [0, 0.05) is 0 Å². The molecule has 50 heavy (non-hydrogen) atoms. The van der Waals surface area contributed by atoms with Gasteiger partial charge in [0.1, 0.15) is 0 Å². The number of hydrogen-bond acceptors (Lipinski definition) is 0. The number of rotatable bonds is 4. The molecule has 0 spiro atoms. The average Bonchev–Trinajstić information content (AvgIpc) is 3.09. The monoisotopic (exact) mass is 693 g/mol. The van der Waals surface area contributed by atoms with Crippen LogP contribution >= 0.6 is 0 Å². The zero-order valence-corrected chi connectivity index (χ0v) is 34.4. The van der Waals surface area contributed by atoms with Crippen LogP contribution in [0, 0.1) is 23.7 Å². The fourth-order valence-corrected chi connectivity index (χ4v) is 11.5. The summed E-state index contributed by atoms with van der Waals surface area (Å²) in [6, 6.07) is 0. The average molecular weight is 693 g/mol. The predicted octanol–water partition coefficient (Wildman–Crippen LogP) is 18.0. The summed E-state index contributed by atoms with van der Waals surface area (Å²) in [6.07, 6.45) is 66.6. The minimum atomic E-state index is 0.907. The Hall–Kier alpha value is -0.260. The molecule has 4 aliphatic carbocycles. The van der Waals surface area contributed by atoms with Crippen molar-refractivity contribution in [2.75, 3.05) is 0 Å². The molecule has 4 rings (SSSR count). The Balaban J connectivity index is 1.78. The topological polar surface area (TPSA) is 0 Å². The molecule has 0 nitrogen and oxygen atoms in total. The van der Waals surface area contributed by atoms with Gasteiger partial charge in [-0.3, -0.25) is 0 Å². The second kappa shape index (κ2) is 29.1. The third kappa shape index (κ3) is 18.2. The van der Waals surface area contributed by atoms with Crippen LogP contribution in [0.4, 0.5) is 0 Å². The van der Waals surface area contributed by atoms with Crippen LogP contribution < -0.4 is 0 Å². The first-order chi connectivity index (χ1) is 24.9. The van der Waals surface area contributed by atoms with Gasteiger partial charge in [-0.05, 0) is 75.0 Å². The van der Waals surface area contributed by atoms with Crippen molar-refractivity contribution in [1.29, 1.82) is 0 Å². The maximum atomic E-state index is 2.20. The highest BCUT2D eigenvalue weighted by Gasteiger charge is 2.33. The molecule has 292 valence electrons. The van der Waals surface area contributed by atoms with Gasteiger partial charge in [-0.25, -0.2) is 0 Å². The molecule has 0 radical (unpaired) electrons. The van der Waals surface area contributed by atoms with E-state index in [-0.39, 0.29) is 0 Å². The van der Waals surface area contributed by atoms with Crippen LogP contribution in [0.1, 0.15) is 283 Å². The standard InChI is InChI=1S/C50H92/c1-5-13-21-29-37-45(38-30-22-14-6-1)49(46-39-31-23-15-7-2-8-16-24-32-40-46)50(47-41-33-25-17-9-3-10-18-26-34-42-47)48-43-35-27-19-11-4-12-20-28-36-44-48/h45-48H,1-44H2. The summed E-state index contributed by atoms with van der Waals surface area (Å²) in [7, 11) is 0. The third-order valence-electron chi connectivity index (χ3n) is 14.5. The molecule has 0 heteroatoms. The maximum Gasteiger partial charge on any atom is -0.0198 e. The van der Waals surface area contributed by atoms with Crippen molar-refractivity contribution in [1.82, 2.24) is 0 Å². The molecule has 4 saturated carbocycles. The van der Waals surface area contributed by atoms with Crippen LogP contribution in [0.2, 0.25) is 0 Å². The summed E-state index contributed by atoms with van der Waals surface area (Å²) in [5, 5.41) is 0. The lowest BCUT2D eigenvalue weighted by Crippen LogP contribution is -2.25. The molecular weight excluding hydrogens is 601 g/mol. The minimum Gasteiger partial charge on any atom is -0.0642 e. The number of allylic oxidation sites excluding steroid dienone is 2. The molecule has 0 aromatic carbocycles. The summed E-state index contributed by atoms with van der Waals surface area (Å²) >= 11 is 0. The van der Waals surface area contributed by atoms with Crippen LogP contribution in [0.25, 0.3) is 0 Å². The molecule has 4 fully saturated rings. The Morgan fingerprint density at radius 1 is 0.140 bits per heavy atom. The van der Waals surface area contributed by atoms with Crippen molar-refractivity contribution in [3.63, 3.8) is 0 Å². The van der Waals surface area contributed by atoms with E-state index in [1.54, 1.807) is 0 Å². The van der Waals surface area contributed by atoms with Crippen molar-refractivity contribution in [2.45, 2.75) is 283 Å². The summed E-state index contributed by atoms with van der Waals surface area (Å²) in [5.74, 6) is 3.63. The van der Waals surface area contributed by atoms with Gasteiger partial charge in [0.2, 0.25) is 0 Å². The second-order valence-corrected chi connectivity index (χ2v) is 18.7. The van der Waals surface area contributed by atoms with Gasteiger partial charge in [-0.15, -0.1) is 0 Å². The van der Waals surface area contributed by atoms with Crippen molar-refractivity contribution in [3.8, 4) is 0 Å². The van der Waals surface area contributed by atoms with Crippen molar-refractivity contribution < 1.29 is 0 Å². The van der Waals surface area contributed by atoms with E-state index in [1.807, 2.05) is 0 Å². The van der Waals surface area contributed by atoms with Crippen LogP contribution in [-0.4, -0.2) is 0 Å². The van der Waals surface area contributed by atoms with Crippen LogP contribution in [0.15, 0.2) is 11.1 Å². The molecule has 0 N–H and O–H groups in total. The van der Waals surface area contributed by atoms with E-state index in [0.717, 1.165) is 23.7 Å². The van der Waals surface area contributed by atoms with Gasteiger partial charge in [-0.1, -0.05) is 242 Å². The fourth-order valence-electron chi connectivity index (χ4n) is 11.5. The Morgan fingerprint density at radius 3 is 0.360 bits per heavy atom. The van der Waals surface area contributed by atoms with Crippen molar-refractivity contribution >= 4 is 0 Å². The lowest BCUT2D eigenvalue weighted by atomic mass is 9.67. The van der Waals surface area contributed by atoms with E-state index in [2.05, 4.69) is 11.1 Å². The highest BCUT2D eigenvalue weighted by atomic mass is 14.4. The first kappa shape index (κ1) is 42.5. The highest BCUT2D eigenvalue weighted by molar-refractivity contribution is 5.26. The smallest absolute Gasteiger partial charge is 0.0198 e. The summed E-state index contributed by atoms with van der Waals surface area (Å²) in [4.78, 5) is 0. The summed E-state index contributed by atoms with van der Waals surface area (Å²) < 4.78 is 0. The number of hydrogen-bond donors (Lipinski definition) is 0. The minimum absolute atomic E-state index is 0.907. The van der Waals surface area contributed by atoms with Gasteiger partial charge in [-0.2, -0.15) is 0 Å². The van der Waals surface area contributed by atoms with Crippen molar-refractivity contribution in [2.24, 2.45) is 23.7 Å². The zero-order chi connectivity index (χ0) is 34.6. The van der Waals surface area contributed by atoms with E-state index in [4.69, 9.17) is 0 Å². The maximum absolute atomic E-state index is 2.20. The molecule has 0 unspecified atom stereocenters. The zero-order valence-electron chi connectivity index (χ0n) is 34.4. The van der Waals surface area contributed by atoms with E-state index in [9.17, 15) is 0 Å². The quantitative estimate of drug-likeness (QED) is 0.257. The molecule has 0 amide bonds. The molecular formula is C50H92.